The van der Waals surface area contributed by atoms with E-state index in [1.165, 1.54) is 23.8 Å². The molecule has 2 amide bonds. The molecule has 1 aliphatic rings. The van der Waals surface area contributed by atoms with E-state index in [2.05, 4.69) is 17.6 Å². The van der Waals surface area contributed by atoms with E-state index in [0.717, 1.165) is 48.1 Å². The maximum atomic E-state index is 12.8. The lowest BCUT2D eigenvalue weighted by atomic mass is 9.95. The average molecular weight is 429 g/mol. The fourth-order valence-electron chi connectivity index (χ4n) is 3.64. The molecule has 1 atom stereocenters. The molecule has 1 unspecified atom stereocenters. The molecule has 1 aromatic carbocycles. The standard InChI is InChI=1S/C23H28N2O4S/c1-4-16-9-11-17(12-10-16)14(2)24-20(27)13-29-23(28)21-18-7-5-6-8-19(18)30-22(21)25-15(3)26/h9-12,14H,4-8,13H2,1-3H3,(H,24,27)(H,25,26). The molecule has 0 bridgehead atoms. The summed E-state index contributed by atoms with van der Waals surface area (Å²) in [5.41, 5.74) is 3.58. The summed E-state index contributed by atoms with van der Waals surface area (Å²) in [4.78, 5) is 37.7. The van der Waals surface area contributed by atoms with Crippen LogP contribution in [-0.2, 0) is 33.6 Å². The van der Waals surface area contributed by atoms with Gasteiger partial charge in [0.1, 0.15) is 5.00 Å². The first-order valence-electron chi connectivity index (χ1n) is 10.4. The molecular formula is C23H28N2O4S. The van der Waals surface area contributed by atoms with Crippen molar-refractivity contribution in [2.75, 3.05) is 11.9 Å². The molecule has 0 spiro atoms. The number of esters is 1. The van der Waals surface area contributed by atoms with E-state index >= 15 is 0 Å². The first-order valence-corrected chi connectivity index (χ1v) is 11.2. The Morgan fingerprint density at radius 1 is 1.13 bits per heavy atom. The number of nitrogens with one attached hydrogen (secondary N) is 2. The van der Waals surface area contributed by atoms with Crippen LogP contribution in [0.15, 0.2) is 24.3 Å². The SMILES string of the molecule is CCc1ccc(C(C)NC(=O)COC(=O)c2c(NC(C)=O)sc3c2CCCC3)cc1. The fourth-order valence-corrected chi connectivity index (χ4v) is 4.96. The number of rotatable bonds is 7. The third kappa shape index (κ3) is 5.27. The van der Waals surface area contributed by atoms with E-state index in [0.29, 0.717) is 10.6 Å². The molecule has 2 N–H and O–H groups in total. The molecule has 0 saturated heterocycles. The fraction of sp³-hybridized carbons (Fsp3) is 0.435. The monoisotopic (exact) mass is 428 g/mol. The van der Waals surface area contributed by atoms with E-state index < -0.39 is 5.97 Å². The number of carbonyl (C=O) groups excluding carboxylic acids is 3. The van der Waals surface area contributed by atoms with Gasteiger partial charge in [-0.1, -0.05) is 31.2 Å². The van der Waals surface area contributed by atoms with E-state index in [1.54, 1.807) is 0 Å². The Kier molecular flexibility index (Phi) is 7.26. The number of fused-ring (bicyclic) bond motifs is 1. The molecule has 2 aromatic rings. The van der Waals surface area contributed by atoms with Crippen molar-refractivity contribution >= 4 is 34.1 Å². The minimum absolute atomic E-state index is 0.189. The number of hydrogen-bond donors (Lipinski definition) is 2. The maximum Gasteiger partial charge on any atom is 0.341 e. The highest BCUT2D eigenvalue weighted by atomic mass is 32.1. The highest BCUT2D eigenvalue weighted by molar-refractivity contribution is 7.17. The van der Waals surface area contributed by atoms with Crippen LogP contribution in [-0.4, -0.2) is 24.4 Å². The van der Waals surface area contributed by atoms with Gasteiger partial charge in [0.25, 0.3) is 5.91 Å². The van der Waals surface area contributed by atoms with Gasteiger partial charge in [0.15, 0.2) is 6.61 Å². The molecule has 0 saturated carbocycles. The number of benzene rings is 1. The highest BCUT2D eigenvalue weighted by Crippen LogP contribution is 2.38. The number of aryl methyl sites for hydroxylation is 2. The Morgan fingerprint density at radius 2 is 1.83 bits per heavy atom. The summed E-state index contributed by atoms with van der Waals surface area (Å²) >= 11 is 1.43. The normalized spacial score (nSPS) is 13.8. The summed E-state index contributed by atoms with van der Waals surface area (Å²) in [6, 6.07) is 7.88. The largest absolute Gasteiger partial charge is 0.452 e. The van der Waals surface area contributed by atoms with Crippen LogP contribution in [0.5, 0.6) is 0 Å². The quantitative estimate of drug-likeness (QED) is 0.648. The lowest BCUT2D eigenvalue weighted by molar-refractivity contribution is -0.124. The second kappa shape index (κ2) is 9.89. The van der Waals surface area contributed by atoms with Gasteiger partial charge >= 0.3 is 5.97 Å². The molecule has 0 radical (unpaired) electrons. The van der Waals surface area contributed by atoms with Gasteiger partial charge in [-0.25, -0.2) is 4.79 Å². The van der Waals surface area contributed by atoms with Crippen LogP contribution in [0.25, 0.3) is 0 Å². The molecule has 7 heteroatoms. The number of amides is 2. The second-order valence-corrected chi connectivity index (χ2v) is 8.66. The lowest BCUT2D eigenvalue weighted by Gasteiger charge is -2.15. The molecule has 1 aliphatic carbocycles. The van der Waals surface area contributed by atoms with Crippen LogP contribution in [0, 0.1) is 0 Å². The summed E-state index contributed by atoms with van der Waals surface area (Å²) < 4.78 is 5.31. The first-order chi connectivity index (χ1) is 14.4. The maximum absolute atomic E-state index is 12.8. The zero-order valence-corrected chi connectivity index (χ0v) is 18.5. The summed E-state index contributed by atoms with van der Waals surface area (Å²) in [5.74, 6) is -1.16. The molecule has 160 valence electrons. The van der Waals surface area contributed by atoms with Gasteiger partial charge in [-0.3, -0.25) is 9.59 Å². The summed E-state index contributed by atoms with van der Waals surface area (Å²) in [7, 11) is 0. The van der Waals surface area contributed by atoms with Gasteiger partial charge < -0.3 is 15.4 Å². The third-order valence-electron chi connectivity index (χ3n) is 5.26. The van der Waals surface area contributed by atoms with Crippen LogP contribution in [0.4, 0.5) is 5.00 Å². The Labute approximate surface area is 181 Å². The Bertz CT molecular complexity index is 933. The molecule has 0 aliphatic heterocycles. The molecule has 30 heavy (non-hydrogen) atoms. The van der Waals surface area contributed by atoms with E-state index in [-0.39, 0.29) is 24.5 Å². The number of ether oxygens (including phenoxy) is 1. The molecule has 0 fully saturated rings. The van der Waals surface area contributed by atoms with E-state index in [1.807, 2.05) is 31.2 Å². The second-order valence-electron chi connectivity index (χ2n) is 7.56. The van der Waals surface area contributed by atoms with Crippen LogP contribution in [0.2, 0.25) is 0 Å². The van der Waals surface area contributed by atoms with Gasteiger partial charge in [0.2, 0.25) is 5.91 Å². The van der Waals surface area contributed by atoms with Gasteiger partial charge in [-0.05, 0) is 55.7 Å². The minimum Gasteiger partial charge on any atom is -0.452 e. The smallest absolute Gasteiger partial charge is 0.341 e. The van der Waals surface area contributed by atoms with Crippen LogP contribution < -0.4 is 10.6 Å². The van der Waals surface area contributed by atoms with Crippen molar-refractivity contribution in [2.24, 2.45) is 0 Å². The predicted molar refractivity (Wildman–Crippen MR) is 118 cm³/mol. The van der Waals surface area contributed by atoms with Crippen molar-refractivity contribution in [1.82, 2.24) is 5.32 Å². The Hall–Kier alpha value is -2.67. The van der Waals surface area contributed by atoms with Crippen molar-refractivity contribution < 1.29 is 19.1 Å². The third-order valence-corrected chi connectivity index (χ3v) is 6.47. The Balaban J connectivity index is 1.62. The lowest BCUT2D eigenvalue weighted by Crippen LogP contribution is -2.31. The molecule has 6 nitrogen and oxygen atoms in total. The van der Waals surface area contributed by atoms with E-state index in [9.17, 15) is 14.4 Å². The topological polar surface area (TPSA) is 84.5 Å². The number of carbonyl (C=O) groups is 3. The number of thiophene rings is 1. The van der Waals surface area contributed by atoms with Gasteiger partial charge in [0.05, 0.1) is 11.6 Å². The van der Waals surface area contributed by atoms with Crippen molar-refractivity contribution in [3.63, 3.8) is 0 Å². The van der Waals surface area contributed by atoms with Crippen LogP contribution in [0.3, 0.4) is 0 Å². The minimum atomic E-state index is -0.562. The molecular weight excluding hydrogens is 400 g/mol. The van der Waals surface area contributed by atoms with Gasteiger partial charge in [-0.15, -0.1) is 11.3 Å². The number of hydrogen-bond acceptors (Lipinski definition) is 5. The van der Waals surface area contributed by atoms with Crippen LogP contribution in [0.1, 0.15) is 71.6 Å². The van der Waals surface area contributed by atoms with Gasteiger partial charge in [0, 0.05) is 11.8 Å². The van der Waals surface area contributed by atoms with Crippen molar-refractivity contribution in [3.8, 4) is 0 Å². The molecule has 1 aromatic heterocycles. The zero-order chi connectivity index (χ0) is 21.7. The zero-order valence-electron chi connectivity index (χ0n) is 17.7. The average Bonchev–Trinajstić information content (AvgIpc) is 3.09. The summed E-state index contributed by atoms with van der Waals surface area (Å²) in [5, 5.41) is 6.12. The van der Waals surface area contributed by atoms with E-state index in [4.69, 9.17) is 4.74 Å². The van der Waals surface area contributed by atoms with Gasteiger partial charge in [-0.2, -0.15) is 0 Å². The summed E-state index contributed by atoms with van der Waals surface area (Å²) in [6.07, 6.45) is 4.71. The van der Waals surface area contributed by atoms with Crippen LogP contribution >= 0.6 is 11.3 Å². The summed E-state index contributed by atoms with van der Waals surface area (Å²) in [6.45, 7) is 5.04. The predicted octanol–water partition coefficient (Wildman–Crippen LogP) is 4.18. The number of anilines is 1. The Morgan fingerprint density at radius 3 is 2.50 bits per heavy atom. The molecule has 3 rings (SSSR count). The van der Waals surface area contributed by atoms with Crippen molar-refractivity contribution in [1.29, 1.82) is 0 Å². The molecule has 1 heterocycles. The first kappa shape index (κ1) is 22.0. The van der Waals surface area contributed by atoms with Crippen molar-refractivity contribution in [2.45, 2.75) is 58.9 Å². The van der Waals surface area contributed by atoms with Crippen molar-refractivity contribution in [3.05, 3.63) is 51.4 Å². The highest BCUT2D eigenvalue weighted by Gasteiger charge is 2.27.